The van der Waals surface area contributed by atoms with E-state index in [4.69, 9.17) is 4.74 Å². The molecule has 1 aromatic heterocycles. The maximum absolute atomic E-state index is 11.4. The van der Waals surface area contributed by atoms with Crippen molar-refractivity contribution in [3.8, 4) is 5.88 Å². The number of carbonyl (C=O) groups is 1. The Labute approximate surface area is 106 Å². The molecule has 2 rings (SSSR count). The summed E-state index contributed by atoms with van der Waals surface area (Å²) in [5.41, 5.74) is 0. The van der Waals surface area contributed by atoms with Crippen molar-refractivity contribution in [2.45, 2.75) is 12.8 Å². The van der Waals surface area contributed by atoms with Gasteiger partial charge in [-0.15, -0.1) is 0 Å². The van der Waals surface area contributed by atoms with Crippen LogP contribution >= 0.6 is 0 Å². The lowest BCUT2D eigenvalue weighted by Crippen LogP contribution is -2.25. The van der Waals surface area contributed by atoms with Gasteiger partial charge in [0.05, 0.1) is 7.11 Å². The number of nitrogens with one attached hydrogen (secondary N) is 1. The van der Waals surface area contributed by atoms with Crippen molar-refractivity contribution in [1.82, 2.24) is 15.3 Å². The minimum atomic E-state index is 0.0907. The Morgan fingerprint density at radius 3 is 3.06 bits per heavy atom. The number of anilines is 1. The molecule has 1 aromatic rings. The molecule has 6 nitrogen and oxygen atoms in total. The van der Waals surface area contributed by atoms with Crippen LogP contribution in [0.2, 0.25) is 0 Å². The van der Waals surface area contributed by atoms with Crippen LogP contribution in [0.4, 0.5) is 5.82 Å². The molecule has 1 unspecified atom stereocenters. The lowest BCUT2D eigenvalue weighted by Gasteiger charge is -2.18. The molecule has 0 aliphatic carbocycles. The van der Waals surface area contributed by atoms with Crippen LogP contribution in [0.25, 0.3) is 0 Å². The summed E-state index contributed by atoms with van der Waals surface area (Å²) >= 11 is 0. The zero-order chi connectivity index (χ0) is 13.0. The van der Waals surface area contributed by atoms with Gasteiger partial charge in [-0.25, -0.2) is 9.97 Å². The van der Waals surface area contributed by atoms with E-state index in [1.54, 1.807) is 26.6 Å². The number of hydrogen-bond donors (Lipinski definition) is 1. The van der Waals surface area contributed by atoms with Gasteiger partial charge < -0.3 is 15.0 Å². The normalized spacial score (nSPS) is 18.8. The van der Waals surface area contributed by atoms with E-state index in [2.05, 4.69) is 20.2 Å². The van der Waals surface area contributed by atoms with Crippen LogP contribution in [0, 0.1) is 5.92 Å². The first-order valence-electron chi connectivity index (χ1n) is 6.05. The number of hydrogen-bond acceptors (Lipinski definition) is 5. The van der Waals surface area contributed by atoms with Crippen molar-refractivity contribution < 1.29 is 9.53 Å². The van der Waals surface area contributed by atoms with Crippen LogP contribution in [-0.4, -0.2) is 43.1 Å². The van der Waals surface area contributed by atoms with Gasteiger partial charge in [0.15, 0.2) is 5.82 Å². The van der Waals surface area contributed by atoms with Gasteiger partial charge in [0.25, 0.3) is 5.88 Å². The Balaban J connectivity index is 2.02. The molecule has 1 fully saturated rings. The van der Waals surface area contributed by atoms with Crippen LogP contribution in [-0.2, 0) is 4.79 Å². The number of nitrogens with zero attached hydrogens (tertiary/aromatic N) is 3. The van der Waals surface area contributed by atoms with Crippen molar-refractivity contribution in [3.63, 3.8) is 0 Å². The first-order valence-corrected chi connectivity index (χ1v) is 6.05. The Hall–Kier alpha value is -1.85. The summed E-state index contributed by atoms with van der Waals surface area (Å²) < 4.78 is 5.20. The highest BCUT2D eigenvalue weighted by Gasteiger charge is 2.27. The second-order valence-electron chi connectivity index (χ2n) is 4.37. The van der Waals surface area contributed by atoms with E-state index in [-0.39, 0.29) is 5.91 Å². The number of carbonyl (C=O) groups excluding carboxylic acids is 1. The van der Waals surface area contributed by atoms with Gasteiger partial charge in [-0.05, 0) is 12.3 Å². The monoisotopic (exact) mass is 250 g/mol. The maximum atomic E-state index is 11.4. The summed E-state index contributed by atoms with van der Waals surface area (Å²) in [4.78, 5) is 21.9. The summed E-state index contributed by atoms with van der Waals surface area (Å²) in [5.74, 6) is 1.77. The molecule has 6 heteroatoms. The van der Waals surface area contributed by atoms with Gasteiger partial charge in [-0.1, -0.05) is 0 Å². The van der Waals surface area contributed by atoms with Crippen LogP contribution in [0.15, 0.2) is 12.4 Å². The third-order valence-electron chi connectivity index (χ3n) is 3.18. The van der Waals surface area contributed by atoms with E-state index < -0.39 is 0 Å². The van der Waals surface area contributed by atoms with Crippen molar-refractivity contribution in [3.05, 3.63) is 12.4 Å². The van der Waals surface area contributed by atoms with Gasteiger partial charge in [-0.2, -0.15) is 0 Å². The van der Waals surface area contributed by atoms with Crippen molar-refractivity contribution in [1.29, 1.82) is 0 Å². The minimum absolute atomic E-state index is 0.0907. The third kappa shape index (κ3) is 2.69. The van der Waals surface area contributed by atoms with E-state index in [0.717, 1.165) is 25.3 Å². The zero-order valence-corrected chi connectivity index (χ0v) is 10.7. The third-order valence-corrected chi connectivity index (χ3v) is 3.18. The fraction of sp³-hybridized carbons (Fsp3) is 0.583. The fourth-order valence-corrected chi connectivity index (χ4v) is 2.23. The standard InChI is InChI=1S/C12H18N4O2/c1-13-10(17)7-9-3-6-16(8-9)11-12(18-2)15-5-4-14-11/h4-5,9H,3,6-8H2,1-2H3,(H,13,17). The topological polar surface area (TPSA) is 67.4 Å². The summed E-state index contributed by atoms with van der Waals surface area (Å²) in [6, 6.07) is 0. The second-order valence-corrected chi connectivity index (χ2v) is 4.37. The molecule has 1 atom stereocenters. The molecule has 1 aliphatic rings. The summed E-state index contributed by atoms with van der Waals surface area (Å²) in [6.07, 6.45) is 4.83. The number of rotatable bonds is 4. The number of amides is 1. The number of methoxy groups -OCH3 is 1. The van der Waals surface area contributed by atoms with Crippen molar-refractivity contribution in [2.24, 2.45) is 5.92 Å². The zero-order valence-electron chi connectivity index (χ0n) is 10.7. The van der Waals surface area contributed by atoms with Gasteiger partial charge in [0, 0.05) is 39.0 Å². The Bertz CT molecular complexity index is 424. The molecule has 1 N–H and O–H groups in total. The van der Waals surface area contributed by atoms with E-state index in [0.29, 0.717) is 18.2 Å². The molecule has 0 saturated carbocycles. The molecule has 18 heavy (non-hydrogen) atoms. The smallest absolute Gasteiger partial charge is 0.257 e. The SMILES string of the molecule is CNC(=O)CC1CCN(c2nccnc2OC)C1. The summed E-state index contributed by atoms with van der Waals surface area (Å²) in [5, 5.41) is 2.66. The molecule has 0 spiro atoms. The molecule has 0 radical (unpaired) electrons. The van der Waals surface area contributed by atoms with E-state index in [1.165, 1.54) is 0 Å². The molecular weight excluding hydrogens is 232 g/mol. The van der Waals surface area contributed by atoms with Crippen LogP contribution < -0.4 is 15.0 Å². The first kappa shape index (κ1) is 12.6. The highest BCUT2D eigenvalue weighted by atomic mass is 16.5. The molecule has 1 aliphatic heterocycles. The van der Waals surface area contributed by atoms with Crippen molar-refractivity contribution >= 4 is 11.7 Å². The van der Waals surface area contributed by atoms with Gasteiger partial charge in [0.2, 0.25) is 5.91 Å². The maximum Gasteiger partial charge on any atom is 0.257 e. The highest BCUT2D eigenvalue weighted by molar-refractivity contribution is 5.76. The molecule has 98 valence electrons. The largest absolute Gasteiger partial charge is 0.478 e. The van der Waals surface area contributed by atoms with Gasteiger partial charge >= 0.3 is 0 Å². The number of aromatic nitrogens is 2. The lowest BCUT2D eigenvalue weighted by atomic mass is 10.1. The highest BCUT2D eigenvalue weighted by Crippen LogP contribution is 2.29. The van der Waals surface area contributed by atoms with Crippen molar-refractivity contribution in [2.75, 3.05) is 32.1 Å². The first-order chi connectivity index (χ1) is 8.74. The summed E-state index contributed by atoms with van der Waals surface area (Å²) in [7, 11) is 3.26. The predicted molar refractivity (Wildman–Crippen MR) is 67.6 cm³/mol. The molecular formula is C12H18N4O2. The molecule has 1 amide bonds. The Morgan fingerprint density at radius 1 is 1.56 bits per heavy atom. The fourth-order valence-electron chi connectivity index (χ4n) is 2.23. The molecule has 2 heterocycles. The second kappa shape index (κ2) is 5.66. The summed E-state index contributed by atoms with van der Waals surface area (Å²) in [6.45, 7) is 1.71. The van der Waals surface area contributed by atoms with Crippen LogP contribution in [0.3, 0.4) is 0 Å². The van der Waals surface area contributed by atoms with Crippen LogP contribution in [0.5, 0.6) is 5.88 Å². The van der Waals surface area contributed by atoms with Gasteiger partial charge in [0.1, 0.15) is 0 Å². The molecule has 0 bridgehead atoms. The minimum Gasteiger partial charge on any atom is -0.478 e. The molecule has 0 aromatic carbocycles. The van der Waals surface area contributed by atoms with E-state index in [9.17, 15) is 4.79 Å². The van der Waals surface area contributed by atoms with E-state index >= 15 is 0 Å². The average Bonchev–Trinajstić information content (AvgIpc) is 2.86. The van der Waals surface area contributed by atoms with E-state index in [1.807, 2.05) is 0 Å². The molecule has 1 saturated heterocycles. The Morgan fingerprint density at radius 2 is 2.33 bits per heavy atom. The average molecular weight is 250 g/mol. The quantitative estimate of drug-likeness (QED) is 0.840. The predicted octanol–water partition coefficient (Wildman–Crippen LogP) is 0.448. The van der Waals surface area contributed by atoms with Crippen LogP contribution in [0.1, 0.15) is 12.8 Å². The Kier molecular flexibility index (Phi) is 3.96. The number of ether oxygens (including phenoxy) is 1. The lowest BCUT2D eigenvalue weighted by molar-refractivity contribution is -0.121. The van der Waals surface area contributed by atoms with Gasteiger partial charge in [-0.3, -0.25) is 4.79 Å².